The molecule has 0 aliphatic heterocycles. The lowest BCUT2D eigenvalue weighted by Crippen LogP contribution is -2.13. The van der Waals surface area contributed by atoms with Crippen LogP contribution in [0, 0.1) is 6.92 Å². The van der Waals surface area contributed by atoms with E-state index in [9.17, 15) is 0 Å². The molecule has 0 saturated carbocycles. The highest BCUT2D eigenvalue weighted by Crippen LogP contribution is 2.37. The summed E-state index contributed by atoms with van der Waals surface area (Å²) in [5.74, 6) is 0.942. The van der Waals surface area contributed by atoms with Crippen molar-refractivity contribution in [1.29, 1.82) is 0 Å². The quantitative estimate of drug-likeness (QED) is 0.741. The van der Waals surface area contributed by atoms with Crippen molar-refractivity contribution in [2.45, 2.75) is 33.1 Å². The minimum absolute atomic E-state index is 0.0420. The second-order valence-corrected chi connectivity index (χ2v) is 5.47. The summed E-state index contributed by atoms with van der Waals surface area (Å²) in [6, 6.07) is 6.21. The number of benzene rings is 1. The standard InChI is InChI=1S/C15H19NO/c1-10-8-11-12(16-9-10)6-7-13(17-5)14(11)15(2,3)4/h6-9H,1-5H3. The number of nitrogens with zero attached hydrogens (tertiary/aromatic N) is 1. The fourth-order valence-corrected chi connectivity index (χ4v) is 2.23. The van der Waals surface area contributed by atoms with Crippen LogP contribution in [0.25, 0.3) is 10.9 Å². The molecule has 0 bridgehead atoms. The SMILES string of the molecule is COc1ccc2ncc(C)cc2c1C(C)(C)C. The normalized spacial score (nSPS) is 11.8. The largest absolute Gasteiger partial charge is 0.496 e. The Balaban J connectivity index is 2.87. The zero-order valence-electron chi connectivity index (χ0n) is 11.2. The molecule has 0 atom stereocenters. The van der Waals surface area contributed by atoms with Gasteiger partial charge in [-0.2, -0.15) is 0 Å². The lowest BCUT2D eigenvalue weighted by Gasteiger charge is -2.24. The average Bonchev–Trinajstić information content (AvgIpc) is 2.25. The molecule has 2 rings (SSSR count). The molecule has 17 heavy (non-hydrogen) atoms. The van der Waals surface area contributed by atoms with E-state index in [1.54, 1.807) is 7.11 Å². The predicted octanol–water partition coefficient (Wildman–Crippen LogP) is 3.85. The van der Waals surface area contributed by atoms with Gasteiger partial charge in [0, 0.05) is 17.1 Å². The number of hydrogen-bond acceptors (Lipinski definition) is 2. The first-order valence-corrected chi connectivity index (χ1v) is 5.87. The minimum Gasteiger partial charge on any atom is -0.496 e. The molecule has 0 fully saturated rings. The van der Waals surface area contributed by atoms with Gasteiger partial charge in [0.15, 0.2) is 0 Å². The van der Waals surface area contributed by atoms with Crippen LogP contribution in [0.2, 0.25) is 0 Å². The molecule has 0 amide bonds. The van der Waals surface area contributed by atoms with Crippen LogP contribution in [0.1, 0.15) is 31.9 Å². The highest BCUT2D eigenvalue weighted by Gasteiger charge is 2.22. The van der Waals surface area contributed by atoms with Crippen molar-refractivity contribution in [2.24, 2.45) is 0 Å². The number of methoxy groups -OCH3 is 1. The summed E-state index contributed by atoms with van der Waals surface area (Å²) >= 11 is 0. The van der Waals surface area contributed by atoms with Gasteiger partial charge < -0.3 is 4.74 Å². The van der Waals surface area contributed by atoms with Gasteiger partial charge in [-0.3, -0.25) is 4.98 Å². The van der Waals surface area contributed by atoms with Crippen LogP contribution in [0.15, 0.2) is 24.4 Å². The fourth-order valence-electron chi connectivity index (χ4n) is 2.23. The lowest BCUT2D eigenvalue weighted by molar-refractivity contribution is 0.399. The third-order valence-corrected chi connectivity index (χ3v) is 2.93. The van der Waals surface area contributed by atoms with Gasteiger partial charge in [-0.15, -0.1) is 0 Å². The van der Waals surface area contributed by atoms with Gasteiger partial charge in [0.25, 0.3) is 0 Å². The Morgan fingerprint density at radius 2 is 1.88 bits per heavy atom. The molecule has 0 aliphatic carbocycles. The van der Waals surface area contributed by atoms with Crippen LogP contribution < -0.4 is 4.74 Å². The Bertz CT molecular complexity index is 553. The van der Waals surface area contributed by atoms with Crippen LogP contribution in [-0.2, 0) is 5.41 Å². The van der Waals surface area contributed by atoms with E-state index in [2.05, 4.69) is 38.7 Å². The van der Waals surface area contributed by atoms with Gasteiger partial charge in [-0.25, -0.2) is 0 Å². The van der Waals surface area contributed by atoms with Crippen LogP contribution in [0.3, 0.4) is 0 Å². The maximum Gasteiger partial charge on any atom is 0.123 e. The Kier molecular flexibility index (Phi) is 2.82. The zero-order valence-corrected chi connectivity index (χ0v) is 11.2. The topological polar surface area (TPSA) is 22.1 Å². The molecule has 0 aliphatic rings. The first kappa shape index (κ1) is 11.9. The van der Waals surface area contributed by atoms with Gasteiger partial charge in [0.1, 0.15) is 5.75 Å². The maximum atomic E-state index is 5.49. The second kappa shape index (κ2) is 4.02. The Morgan fingerprint density at radius 3 is 2.47 bits per heavy atom. The number of rotatable bonds is 1. The van der Waals surface area contributed by atoms with E-state index in [-0.39, 0.29) is 5.41 Å². The molecule has 0 N–H and O–H groups in total. The summed E-state index contributed by atoms with van der Waals surface area (Å²) in [7, 11) is 1.72. The fraction of sp³-hybridized carbons (Fsp3) is 0.400. The first-order valence-electron chi connectivity index (χ1n) is 5.87. The molecule has 0 spiro atoms. The number of hydrogen-bond donors (Lipinski definition) is 0. The van der Waals surface area contributed by atoms with Crippen molar-refractivity contribution in [1.82, 2.24) is 4.98 Å². The Hall–Kier alpha value is -1.57. The van der Waals surface area contributed by atoms with E-state index in [1.165, 1.54) is 16.5 Å². The number of pyridine rings is 1. The van der Waals surface area contributed by atoms with Gasteiger partial charge in [-0.05, 0) is 36.1 Å². The molecular weight excluding hydrogens is 210 g/mol. The molecule has 0 saturated heterocycles. The third-order valence-electron chi connectivity index (χ3n) is 2.93. The van der Waals surface area contributed by atoms with Crippen molar-refractivity contribution in [3.8, 4) is 5.75 Å². The summed E-state index contributed by atoms with van der Waals surface area (Å²) in [6.45, 7) is 8.67. The highest BCUT2D eigenvalue weighted by atomic mass is 16.5. The van der Waals surface area contributed by atoms with Crippen LogP contribution in [-0.4, -0.2) is 12.1 Å². The average molecular weight is 229 g/mol. The summed E-state index contributed by atoms with van der Waals surface area (Å²) in [5.41, 5.74) is 3.48. The summed E-state index contributed by atoms with van der Waals surface area (Å²) < 4.78 is 5.49. The lowest BCUT2D eigenvalue weighted by atomic mass is 9.83. The summed E-state index contributed by atoms with van der Waals surface area (Å²) in [6.07, 6.45) is 1.90. The van der Waals surface area contributed by atoms with E-state index in [1.807, 2.05) is 18.3 Å². The van der Waals surface area contributed by atoms with Gasteiger partial charge in [0.2, 0.25) is 0 Å². The van der Waals surface area contributed by atoms with E-state index in [0.29, 0.717) is 0 Å². The van der Waals surface area contributed by atoms with Crippen molar-refractivity contribution in [3.05, 3.63) is 35.5 Å². The van der Waals surface area contributed by atoms with Gasteiger partial charge >= 0.3 is 0 Å². The Morgan fingerprint density at radius 1 is 1.18 bits per heavy atom. The highest BCUT2D eigenvalue weighted by molar-refractivity contribution is 5.86. The number of aromatic nitrogens is 1. The summed E-state index contributed by atoms with van der Waals surface area (Å²) in [5, 5.41) is 1.19. The predicted molar refractivity (Wildman–Crippen MR) is 71.7 cm³/mol. The molecule has 2 nitrogen and oxygen atoms in total. The third kappa shape index (κ3) is 2.12. The monoisotopic (exact) mass is 229 g/mol. The maximum absolute atomic E-state index is 5.49. The van der Waals surface area contributed by atoms with E-state index in [0.717, 1.165) is 11.3 Å². The Labute approximate surface area is 103 Å². The van der Waals surface area contributed by atoms with Crippen molar-refractivity contribution >= 4 is 10.9 Å². The minimum atomic E-state index is 0.0420. The second-order valence-electron chi connectivity index (χ2n) is 5.47. The smallest absolute Gasteiger partial charge is 0.123 e. The van der Waals surface area contributed by atoms with Crippen LogP contribution >= 0.6 is 0 Å². The molecule has 1 heterocycles. The molecule has 0 radical (unpaired) electrons. The van der Waals surface area contributed by atoms with E-state index < -0.39 is 0 Å². The van der Waals surface area contributed by atoms with Crippen LogP contribution in [0.4, 0.5) is 0 Å². The molecule has 0 unspecified atom stereocenters. The molecule has 1 aromatic carbocycles. The van der Waals surface area contributed by atoms with E-state index >= 15 is 0 Å². The molecule has 1 aromatic heterocycles. The molecule has 2 aromatic rings. The first-order chi connectivity index (χ1) is 7.93. The number of aryl methyl sites for hydroxylation is 1. The molecule has 90 valence electrons. The van der Waals surface area contributed by atoms with Crippen molar-refractivity contribution < 1.29 is 4.74 Å². The number of fused-ring (bicyclic) bond motifs is 1. The zero-order chi connectivity index (χ0) is 12.6. The number of ether oxygens (including phenoxy) is 1. The molecular formula is C15H19NO. The van der Waals surface area contributed by atoms with Gasteiger partial charge in [0.05, 0.1) is 12.6 Å². The van der Waals surface area contributed by atoms with Crippen LogP contribution in [0.5, 0.6) is 5.75 Å². The molecule has 2 heteroatoms. The van der Waals surface area contributed by atoms with Crippen molar-refractivity contribution in [3.63, 3.8) is 0 Å². The van der Waals surface area contributed by atoms with Crippen molar-refractivity contribution in [2.75, 3.05) is 7.11 Å². The van der Waals surface area contributed by atoms with Gasteiger partial charge in [-0.1, -0.05) is 20.8 Å². The summed E-state index contributed by atoms with van der Waals surface area (Å²) in [4.78, 5) is 4.47. The van der Waals surface area contributed by atoms with E-state index in [4.69, 9.17) is 4.74 Å².